The second-order valence-corrected chi connectivity index (χ2v) is 6.23. The summed E-state index contributed by atoms with van der Waals surface area (Å²) in [4.78, 5) is 16.9. The SMILES string of the molecule is COc1ccc(C(=O)N2CCN(C(C)c3nnc(C)o3)CC2)cc1OC. The molecule has 0 bridgehead atoms. The summed E-state index contributed by atoms with van der Waals surface area (Å²) in [5, 5.41) is 7.98. The smallest absolute Gasteiger partial charge is 0.254 e. The van der Waals surface area contributed by atoms with E-state index in [1.165, 1.54) is 0 Å². The lowest BCUT2D eigenvalue weighted by molar-refractivity contribution is 0.0557. The number of carbonyl (C=O) groups is 1. The number of methoxy groups -OCH3 is 2. The van der Waals surface area contributed by atoms with Crippen molar-refractivity contribution in [3.05, 3.63) is 35.5 Å². The molecular formula is C18H24N4O4. The summed E-state index contributed by atoms with van der Waals surface area (Å²) in [6.07, 6.45) is 0. The fourth-order valence-electron chi connectivity index (χ4n) is 3.10. The molecule has 1 aromatic heterocycles. The minimum atomic E-state index is -0.00751. The van der Waals surface area contributed by atoms with Crippen LogP contribution in [-0.2, 0) is 0 Å². The minimum Gasteiger partial charge on any atom is -0.493 e. The summed E-state index contributed by atoms with van der Waals surface area (Å²) >= 11 is 0. The molecule has 1 amide bonds. The molecule has 1 aliphatic rings. The van der Waals surface area contributed by atoms with Gasteiger partial charge in [-0.3, -0.25) is 9.69 Å². The van der Waals surface area contributed by atoms with Crippen LogP contribution in [0.4, 0.5) is 0 Å². The van der Waals surface area contributed by atoms with E-state index in [9.17, 15) is 4.79 Å². The van der Waals surface area contributed by atoms with Crippen molar-refractivity contribution in [2.24, 2.45) is 0 Å². The maximum Gasteiger partial charge on any atom is 0.254 e. The zero-order valence-corrected chi connectivity index (χ0v) is 15.6. The van der Waals surface area contributed by atoms with Gasteiger partial charge in [0.1, 0.15) is 0 Å². The second kappa shape index (κ2) is 7.74. The van der Waals surface area contributed by atoms with E-state index < -0.39 is 0 Å². The van der Waals surface area contributed by atoms with E-state index in [-0.39, 0.29) is 11.9 Å². The Morgan fingerprint density at radius 2 is 1.81 bits per heavy atom. The molecule has 1 saturated heterocycles. The molecule has 8 nitrogen and oxygen atoms in total. The molecule has 0 spiro atoms. The second-order valence-electron chi connectivity index (χ2n) is 6.23. The first kappa shape index (κ1) is 18.2. The number of hydrogen-bond donors (Lipinski definition) is 0. The van der Waals surface area contributed by atoms with E-state index in [1.54, 1.807) is 39.3 Å². The zero-order valence-electron chi connectivity index (χ0n) is 15.6. The lowest BCUT2D eigenvalue weighted by atomic mass is 10.1. The van der Waals surface area contributed by atoms with Gasteiger partial charge in [-0.25, -0.2) is 0 Å². The van der Waals surface area contributed by atoms with Crippen LogP contribution in [0.5, 0.6) is 11.5 Å². The number of rotatable bonds is 5. The highest BCUT2D eigenvalue weighted by atomic mass is 16.5. The number of piperazine rings is 1. The summed E-state index contributed by atoms with van der Waals surface area (Å²) in [5.41, 5.74) is 0.594. The number of carbonyl (C=O) groups excluding carboxylic acids is 1. The monoisotopic (exact) mass is 360 g/mol. The van der Waals surface area contributed by atoms with Crippen LogP contribution >= 0.6 is 0 Å². The van der Waals surface area contributed by atoms with Gasteiger partial charge in [0.15, 0.2) is 11.5 Å². The molecule has 1 atom stereocenters. The molecule has 1 aliphatic heterocycles. The van der Waals surface area contributed by atoms with Gasteiger partial charge in [0.05, 0.1) is 20.3 Å². The van der Waals surface area contributed by atoms with E-state index in [4.69, 9.17) is 13.9 Å². The summed E-state index contributed by atoms with van der Waals surface area (Å²) in [7, 11) is 3.14. The molecule has 0 aliphatic carbocycles. The number of aryl methyl sites for hydroxylation is 1. The predicted molar refractivity (Wildman–Crippen MR) is 94.5 cm³/mol. The highest BCUT2D eigenvalue weighted by molar-refractivity contribution is 5.95. The quantitative estimate of drug-likeness (QED) is 0.806. The van der Waals surface area contributed by atoms with E-state index >= 15 is 0 Å². The molecule has 0 N–H and O–H groups in total. The fourth-order valence-corrected chi connectivity index (χ4v) is 3.10. The maximum absolute atomic E-state index is 12.8. The van der Waals surface area contributed by atoms with Crippen LogP contribution < -0.4 is 9.47 Å². The van der Waals surface area contributed by atoms with Gasteiger partial charge in [0.2, 0.25) is 11.8 Å². The van der Waals surface area contributed by atoms with Gasteiger partial charge in [-0.15, -0.1) is 10.2 Å². The largest absolute Gasteiger partial charge is 0.493 e. The molecule has 140 valence electrons. The maximum atomic E-state index is 12.8. The Bertz CT molecular complexity index is 768. The average molecular weight is 360 g/mol. The molecule has 2 aromatic rings. The first-order chi connectivity index (χ1) is 12.5. The minimum absolute atomic E-state index is 0.00751. The molecule has 26 heavy (non-hydrogen) atoms. The van der Waals surface area contributed by atoms with E-state index in [0.29, 0.717) is 41.9 Å². The number of amides is 1. The first-order valence-corrected chi connectivity index (χ1v) is 8.59. The molecule has 1 fully saturated rings. The lowest BCUT2D eigenvalue weighted by Gasteiger charge is -2.36. The van der Waals surface area contributed by atoms with Crippen molar-refractivity contribution in [1.82, 2.24) is 20.0 Å². The Morgan fingerprint density at radius 1 is 1.12 bits per heavy atom. The van der Waals surface area contributed by atoms with Crippen LogP contribution in [0.25, 0.3) is 0 Å². The first-order valence-electron chi connectivity index (χ1n) is 8.59. The number of aromatic nitrogens is 2. The van der Waals surface area contributed by atoms with Crippen LogP contribution in [0.15, 0.2) is 22.6 Å². The Balaban J connectivity index is 1.63. The van der Waals surface area contributed by atoms with E-state index in [0.717, 1.165) is 13.1 Å². The van der Waals surface area contributed by atoms with Crippen LogP contribution in [0.3, 0.4) is 0 Å². The summed E-state index contributed by atoms with van der Waals surface area (Å²) in [6.45, 7) is 6.61. The van der Waals surface area contributed by atoms with Crippen molar-refractivity contribution in [3.8, 4) is 11.5 Å². The van der Waals surface area contributed by atoms with Gasteiger partial charge in [-0.05, 0) is 25.1 Å². The Labute approximate surface area is 152 Å². The summed E-state index contributed by atoms with van der Waals surface area (Å²) < 4.78 is 16.0. The number of nitrogens with zero attached hydrogens (tertiary/aromatic N) is 4. The molecule has 2 heterocycles. The zero-order chi connectivity index (χ0) is 18.7. The molecule has 1 unspecified atom stereocenters. The molecule has 0 radical (unpaired) electrons. The molecule has 0 saturated carbocycles. The highest BCUT2D eigenvalue weighted by Gasteiger charge is 2.28. The molecule has 1 aromatic carbocycles. The molecule has 8 heteroatoms. The normalized spacial score (nSPS) is 16.4. The average Bonchev–Trinajstić information content (AvgIpc) is 3.12. The van der Waals surface area contributed by atoms with Crippen LogP contribution in [-0.4, -0.2) is 66.3 Å². The summed E-state index contributed by atoms with van der Waals surface area (Å²) in [5.74, 6) is 2.33. The molecular weight excluding hydrogens is 336 g/mol. The van der Waals surface area contributed by atoms with Gasteiger partial charge in [0.25, 0.3) is 5.91 Å². The highest BCUT2D eigenvalue weighted by Crippen LogP contribution is 2.28. The van der Waals surface area contributed by atoms with Gasteiger partial charge in [0, 0.05) is 38.7 Å². The third-order valence-corrected chi connectivity index (χ3v) is 4.68. The van der Waals surface area contributed by atoms with Crippen LogP contribution in [0.2, 0.25) is 0 Å². The van der Waals surface area contributed by atoms with Gasteiger partial charge in [-0.1, -0.05) is 0 Å². The third-order valence-electron chi connectivity index (χ3n) is 4.68. The topological polar surface area (TPSA) is 80.9 Å². The third kappa shape index (κ3) is 3.65. The van der Waals surface area contributed by atoms with Crippen molar-refractivity contribution in [3.63, 3.8) is 0 Å². The van der Waals surface area contributed by atoms with E-state index in [1.807, 2.05) is 11.8 Å². The number of ether oxygens (including phenoxy) is 2. The predicted octanol–water partition coefficient (Wildman–Crippen LogP) is 1.91. The van der Waals surface area contributed by atoms with Gasteiger partial charge in [-0.2, -0.15) is 0 Å². The Kier molecular flexibility index (Phi) is 5.41. The van der Waals surface area contributed by atoms with Crippen molar-refractivity contribution >= 4 is 5.91 Å². The number of hydrogen-bond acceptors (Lipinski definition) is 7. The standard InChI is InChI=1S/C18H24N4O4/c1-12(17-20-19-13(2)26-17)21-7-9-22(10-8-21)18(23)14-5-6-15(24-3)16(11-14)25-4/h5-6,11-12H,7-10H2,1-4H3. The summed E-state index contributed by atoms with van der Waals surface area (Å²) in [6, 6.07) is 5.27. The van der Waals surface area contributed by atoms with Crippen LogP contribution in [0.1, 0.15) is 35.1 Å². The van der Waals surface area contributed by atoms with Crippen molar-refractivity contribution in [2.45, 2.75) is 19.9 Å². The van der Waals surface area contributed by atoms with Crippen molar-refractivity contribution in [1.29, 1.82) is 0 Å². The fraction of sp³-hybridized carbons (Fsp3) is 0.500. The van der Waals surface area contributed by atoms with Gasteiger partial charge < -0.3 is 18.8 Å². The lowest BCUT2D eigenvalue weighted by Crippen LogP contribution is -2.49. The van der Waals surface area contributed by atoms with Gasteiger partial charge >= 0.3 is 0 Å². The Hall–Kier alpha value is -2.61. The number of benzene rings is 1. The van der Waals surface area contributed by atoms with Crippen molar-refractivity contribution in [2.75, 3.05) is 40.4 Å². The molecule has 3 rings (SSSR count). The van der Waals surface area contributed by atoms with Crippen molar-refractivity contribution < 1.29 is 18.7 Å². The van der Waals surface area contributed by atoms with Crippen LogP contribution in [0, 0.1) is 6.92 Å². The Morgan fingerprint density at radius 3 is 2.38 bits per heavy atom. The van der Waals surface area contributed by atoms with E-state index in [2.05, 4.69) is 15.1 Å².